The summed E-state index contributed by atoms with van der Waals surface area (Å²) in [6.45, 7) is 18.0. The van der Waals surface area contributed by atoms with E-state index in [1.165, 1.54) is 19.1 Å². The predicted molar refractivity (Wildman–Crippen MR) is 171 cm³/mol. The average molecular weight is 619 g/mol. The minimum absolute atomic E-state index is 0.0271. The number of benzene rings is 3. The molecule has 45 heavy (non-hydrogen) atoms. The van der Waals surface area contributed by atoms with Crippen molar-refractivity contribution in [2.75, 3.05) is 39.6 Å². The Morgan fingerprint density at radius 3 is 1.58 bits per heavy atom. The van der Waals surface area contributed by atoms with Crippen LogP contribution in [0.15, 0.2) is 92.1 Å². The molecule has 0 bridgehead atoms. The first kappa shape index (κ1) is 34.6. The topological polar surface area (TPSA) is 127 Å². The van der Waals surface area contributed by atoms with Crippen LogP contribution in [0, 0.1) is 0 Å². The van der Waals surface area contributed by atoms with Gasteiger partial charge in [0.1, 0.15) is 24.7 Å². The molecule has 3 aromatic carbocycles. The van der Waals surface area contributed by atoms with E-state index in [0.29, 0.717) is 33.0 Å². The van der Waals surface area contributed by atoms with Crippen LogP contribution >= 0.6 is 0 Å². The quantitative estimate of drug-likeness (QED) is 0.0576. The van der Waals surface area contributed by atoms with Crippen LogP contribution < -0.4 is 9.47 Å². The summed E-state index contributed by atoms with van der Waals surface area (Å²) in [4.78, 5) is 36.6. The molecule has 0 amide bonds. The highest BCUT2D eigenvalue weighted by Gasteiger charge is 2.23. The summed E-state index contributed by atoms with van der Waals surface area (Å²) in [5.41, 5.74) is 0.470. The van der Waals surface area contributed by atoms with Gasteiger partial charge in [-0.05, 0) is 32.0 Å². The molecule has 238 valence electrons. The summed E-state index contributed by atoms with van der Waals surface area (Å²) in [5, 5.41) is 12.0. The van der Waals surface area contributed by atoms with E-state index in [4.69, 9.17) is 28.4 Å². The van der Waals surface area contributed by atoms with E-state index in [1.54, 1.807) is 37.3 Å². The van der Waals surface area contributed by atoms with Gasteiger partial charge in [0.15, 0.2) is 12.2 Å². The van der Waals surface area contributed by atoms with Gasteiger partial charge in [0.05, 0.1) is 32.0 Å². The van der Waals surface area contributed by atoms with Crippen LogP contribution in [0.3, 0.4) is 0 Å². The third kappa shape index (κ3) is 9.53. The molecule has 0 aliphatic rings. The Balaban J connectivity index is 2.07. The first-order valence-electron chi connectivity index (χ1n) is 14.1. The molecule has 0 spiro atoms. The van der Waals surface area contributed by atoms with Gasteiger partial charge in [-0.25, -0.2) is 14.4 Å². The summed E-state index contributed by atoms with van der Waals surface area (Å²) in [6.07, 6.45) is 1.56. The third-order valence-electron chi connectivity index (χ3n) is 6.32. The second-order valence-corrected chi connectivity index (χ2v) is 10.2. The molecule has 0 aliphatic heterocycles. The van der Waals surface area contributed by atoms with Crippen molar-refractivity contribution in [2.24, 2.45) is 0 Å². The fourth-order valence-corrected chi connectivity index (χ4v) is 4.20. The van der Waals surface area contributed by atoms with E-state index in [1.807, 2.05) is 12.1 Å². The molecule has 0 saturated carbocycles. The molecule has 2 atom stereocenters. The van der Waals surface area contributed by atoms with E-state index in [2.05, 4.69) is 26.3 Å². The zero-order chi connectivity index (χ0) is 32.9. The highest BCUT2D eigenvalue weighted by atomic mass is 16.6. The smallest absolute Gasteiger partial charge is 0.335 e. The van der Waals surface area contributed by atoms with Crippen LogP contribution in [0.1, 0.15) is 24.2 Å². The van der Waals surface area contributed by atoms with E-state index in [-0.39, 0.29) is 56.4 Å². The lowest BCUT2D eigenvalue weighted by atomic mass is 9.98. The van der Waals surface area contributed by atoms with Gasteiger partial charge < -0.3 is 33.5 Å². The van der Waals surface area contributed by atoms with Gasteiger partial charge in [0, 0.05) is 32.7 Å². The Morgan fingerprint density at radius 2 is 1.16 bits per heavy atom. The number of hydrogen-bond donors (Lipinski definition) is 1. The first-order chi connectivity index (χ1) is 21.6. The summed E-state index contributed by atoms with van der Waals surface area (Å²) in [5.74, 6) is -1.54. The summed E-state index contributed by atoms with van der Waals surface area (Å²) in [7, 11) is 0. The van der Waals surface area contributed by atoms with Crippen molar-refractivity contribution in [3.05, 3.63) is 97.6 Å². The standard InChI is InChI=1S/C35H38O10/c1-7-15-40-18-25(44-34(38)22(3)4)20-42-31-27-11-9-10-12-28(27)32(30-17-24(33(36)37)13-14-29(30)31)43-21-26(19-41-16-8-2)45-35(39)23(5)6/h7-14,17,25-26H,1-3,5,15-16,18-21H2,4,6H3,(H,36,37). The molecule has 10 heteroatoms. The number of carboxylic acids is 1. The molecule has 0 aliphatic carbocycles. The van der Waals surface area contributed by atoms with E-state index >= 15 is 0 Å². The molecule has 0 saturated heterocycles. The van der Waals surface area contributed by atoms with Gasteiger partial charge in [0.2, 0.25) is 0 Å². The minimum Gasteiger partial charge on any atom is -0.488 e. The molecule has 3 rings (SSSR count). The van der Waals surface area contributed by atoms with Gasteiger partial charge >= 0.3 is 17.9 Å². The van der Waals surface area contributed by atoms with Crippen LogP contribution in [0.2, 0.25) is 0 Å². The molecule has 0 aromatic heterocycles. The van der Waals surface area contributed by atoms with Crippen LogP contribution in [0.5, 0.6) is 11.5 Å². The molecule has 3 aromatic rings. The van der Waals surface area contributed by atoms with Gasteiger partial charge in [-0.1, -0.05) is 49.6 Å². The molecule has 0 radical (unpaired) electrons. The second kappa shape index (κ2) is 16.8. The largest absolute Gasteiger partial charge is 0.488 e. The Bertz CT molecular complexity index is 1590. The van der Waals surface area contributed by atoms with Crippen molar-refractivity contribution in [2.45, 2.75) is 26.1 Å². The highest BCUT2D eigenvalue weighted by molar-refractivity contribution is 6.12. The third-order valence-corrected chi connectivity index (χ3v) is 6.32. The summed E-state index contributed by atoms with van der Waals surface area (Å²) in [6, 6.07) is 11.8. The van der Waals surface area contributed by atoms with Gasteiger partial charge in [-0.15, -0.1) is 13.2 Å². The van der Waals surface area contributed by atoms with Crippen LogP contribution in [-0.4, -0.2) is 74.9 Å². The predicted octanol–water partition coefficient (Wildman–Crippen LogP) is 5.83. The lowest BCUT2D eigenvalue weighted by Gasteiger charge is -2.23. The zero-order valence-electron chi connectivity index (χ0n) is 25.5. The number of rotatable bonds is 19. The molecule has 2 unspecified atom stereocenters. The van der Waals surface area contributed by atoms with E-state index in [0.717, 1.165) is 0 Å². The van der Waals surface area contributed by atoms with Crippen molar-refractivity contribution in [1.82, 2.24) is 0 Å². The maximum atomic E-state index is 12.3. The fraction of sp³-hybridized carbons (Fsp3) is 0.286. The number of fused-ring (bicyclic) bond motifs is 2. The lowest BCUT2D eigenvalue weighted by molar-refractivity contribution is -0.149. The Kier molecular flexibility index (Phi) is 12.9. The number of ether oxygens (including phenoxy) is 6. The average Bonchev–Trinajstić information content (AvgIpc) is 3.01. The first-order valence-corrected chi connectivity index (χ1v) is 14.1. The normalized spacial score (nSPS) is 12.1. The van der Waals surface area contributed by atoms with Crippen molar-refractivity contribution < 1.29 is 47.9 Å². The number of hydrogen-bond acceptors (Lipinski definition) is 9. The van der Waals surface area contributed by atoms with Gasteiger partial charge in [-0.3, -0.25) is 0 Å². The van der Waals surface area contributed by atoms with E-state index in [9.17, 15) is 19.5 Å². The monoisotopic (exact) mass is 618 g/mol. The fourth-order valence-electron chi connectivity index (χ4n) is 4.20. The number of carbonyl (C=O) groups excluding carboxylic acids is 2. The van der Waals surface area contributed by atoms with Crippen LogP contribution in [0.25, 0.3) is 21.5 Å². The van der Waals surface area contributed by atoms with Crippen molar-refractivity contribution in [3.63, 3.8) is 0 Å². The molecular formula is C35H38O10. The summed E-state index contributed by atoms with van der Waals surface area (Å²) >= 11 is 0. The van der Waals surface area contributed by atoms with Crippen LogP contribution in [-0.2, 0) is 28.5 Å². The highest BCUT2D eigenvalue weighted by Crippen LogP contribution is 2.43. The zero-order valence-corrected chi connectivity index (χ0v) is 25.5. The van der Waals surface area contributed by atoms with Gasteiger partial charge in [-0.2, -0.15) is 0 Å². The van der Waals surface area contributed by atoms with Crippen molar-refractivity contribution in [3.8, 4) is 11.5 Å². The molecule has 0 heterocycles. The molecule has 10 nitrogen and oxygen atoms in total. The number of aromatic carboxylic acids is 1. The number of carbonyl (C=O) groups is 3. The maximum Gasteiger partial charge on any atom is 0.335 e. The van der Waals surface area contributed by atoms with Crippen molar-refractivity contribution >= 4 is 39.5 Å². The summed E-state index contributed by atoms with van der Waals surface area (Å²) < 4.78 is 34.7. The SMILES string of the molecule is C=CCOCC(COc1c2ccccc2c(OCC(COCC=C)OC(=O)C(=C)C)c2cc(C(=O)O)ccc12)OC(=O)C(=C)C. The molecule has 1 N–H and O–H groups in total. The van der Waals surface area contributed by atoms with Gasteiger partial charge in [0.25, 0.3) is 0 Å². The number of carboxylic acid groups (broad SMARTS) is 1. The van der Waals surface area contributed by atoms with Crippen LogP contribution in [0.4, 0.5) is 0 Å². The molecular weight excluding hydrogens is 580 g/mol. The lowest BCUT2D eigenvalue weighted by Crippen LogP contribution is -2.30. The second-order valence-electron chi connectivity index (χ2n) is 10.2. The Hall–Kier alpha value is -4.93. The van der Waals surface area contributed by atoms with Crippen molar-refractivity contribution in [1.29, 1.82) is 0 Å². The minimum atomic E-state index is -1.13. The molecule has 0 fully saturated rings. The number of esters is 2. The van der Waals surface area contributed by atoms with E-state index < -0.39 is 30.1 Å². The maximum absolute atomic E-state index is 12.3. The Morgan fingerprint density at radius 1 is 0.711 bits per heavy atom. The Labute approximate surface area is 262 Å².